The van der Waals surface area contributed by atoms with E-state index >= 15 is 0 Å². The number of nitrogens with one attached hydrogen (secondary N) is 1. The molecular formula is C17H25FN2O3S. The highest BCUT2D eigenvalue weighted by atomic mass is 32.2. The summed E-state index contributed by atoms with van der Waals surface area (Å²) in [6, 6.07) is 3.88. The molecule has 2 fully saturated rings. The molecule has 7 heteroatoms. The van der Waals surface area contributed by atoms with Crippen molar-refractivity contribution in [2.75, 3.05) is 19.7 Å². The number of nitrogens with zero attached hydrogens (tertiary/aromatic N) is 1. The molecule has 0 aromatic heterocycles. The molecule has 3 atom stereocenters. The molecule has 0 saturated carbocycles. The van der Waals surface area contributed by atoms with Crippen LogP contribution in [0.25, 0.3) is 0 Å². The lowest BCUT2D eigenvalue weighted by atomic mass is 10.0. The van der Waals surface area contributed by atoms with Gasteiger partial charge < -0.3 is 4.74 Å². The van der Waals surface area contributed by atoms with E-state index < -0.39 is 15.8 Å². The molecule has 2 aliphatic heterocycles. The first kappa shape index (κ1) is 17.8. The third-order valence-electron chi connectivity index (χ3n) is 4.94. The predicted octanol–water partition coefficient (Wildman–Crippen LogP) is 1.91. The first-order valence-corrected chi connectivity index (χ1v) is 9.88. The number of hydrogen-bond acceptors (Lipinski definition) is 4. The van der Waals surface area contributed by atoms with E-state index in [-0.39, 0.29) is 23.1 Å². The minimum Gasteiger partial charge on any atom is -0.375 e. The van der Waals surface area contributed by atoms with Gasteiger partial charge in [-0.25, -0.2) is 17.5 Å². The van der Waals surface area contributed by atoms with Crippen molar-refractivity contribution in [3.8, 4) is 0 Å². The first-order chi connectivity index (χ1) is 11.3. The van der Waals surface area contributed by atoms with Crippen molar-refractivity contribution in [1.29, 1.82) is 0 Å². The molecule has 0 aliphatic carbocycles. The van der Waals surface area contributed by atoms with Crippen molar-refractivity contribution in [1.82, 2.24) is 9.62 Å². The Hall–Kier alpha value is -1.02. The molecule has 0 spiro atoms. The number of morpholine rings is 1. The normalized spacial score (nSPS) is 28.3. The second-order valence-corrected chi connectivity index (χ2v) is 8.87. The van der Waals surface area contributed by atoms with Gasteiger partial charge in [-0.15, -0.1) is 0 Å². The van der Waals surface area contributed by atoms with Crippen molar-refractivity contribution >= 4 is 10.0 Å². The van der Waals surface area contributed by atoms with E-state index in [9.17, 15) is 12.8 Å². The van der Waals surface area contributed by atoms with Gasteiger partial charge in [0.05, 0.1) is 17.6 Å². The van der Waals surface area contributed by atoms with E-state index in [2.05, 4.69) is 23.5 Å². The van der Waals surface area contributed by atoms with Gasteiger partial charge >= 0.3 is 0 Å². The van der Waals surface area contributed by atoms with Gasteiger partial charge in [-0.1, -0.05) is 13.8 Å². The smallest absolute Gasteiger partial charge is 0.241 e. The summed E-state index contributed by atoms with van der Waals surface area (Å²) in [5.41, 5.74) is 0.418. The SMILES string of the molecule is Cc1cc(F)ccc1S(=O)(=O)N[C@H]1C[C@H]2CO[C@@H](C(C)C)CN2C1. The second-order valence-electron chi connectivity index (χ2n) is 7.19. The van der Waals surface area contributed by atoms with E-state index in [1.54, 1.807) is 6.92 Å². The largest absolute Gasteiger partial charge is 0.375 e. The molecule has 0 bridgehead atoms. The fourth-order valence-electron chi connectivity index (χ4n) is 3.59. The highest BCUT2D eigenvalue weighted by Gasteiger charge is 2.39. The van der Waals surface area contributed by atoms with Gasteiger partial charge in [-0.2, -0.15) is 0 Å². The molecule has 24 heavy (non-hydrogen) atoms. The quantitative estimate of drug-likeness (QED) is 0.895. The summed E-state index contributed by atoms with van der Waals surface area (Å²) in [4.78, 5) is 2.46. The molecule has 2 heterocycles. The van der Waals surface area contributed by atoms with Crippen LogP contribution < -0.4 is 4.72 Å². The van der Waals surface area contributed by atoms with Gasteiger partial charge in [-0.05, 0) is 43.0 Å². The number of fused-ring (bicyclic) bond motifs is 1. The zero-order chi connectivity index (χ0) is 17.5. The average molecular weight is 356 g/mol. The Kier molecular flexibility index (Phi) is 4.97. The topological polar surface area (TPSA) is 58.6 Å². The number of aryl methyl sites for hydroxylation is 1. The molecular weight excluding hydrogens is 331 g/mol. The Morgan fingerprint density at radius 3 is 2.75 bits per heavy atom. The van der Waals surface area contributed by atoms with Crippen molar-refractivity contribution < 1.29 is 17.5 Å². The van der Waals surface area contributed by atoms with Crippen molar-refractivity contribution in [2.45, 2.75) is 50.3 Å². The number of ether oxygens (including phenoxy) is 1. The number of rotatable bonds is 4. The Morgan fingerprint density at radius 2 is 2.08 bits per heavy atom. The predicted molar refractivity (Wildman–Crippen MR) is 89.8 cm³/mol. The minimum absolute atomic E-state index is 0.140. The van der Waals surface area contributed by atoms with Gasteiger partial charge in [0, 0.05) is 25.2 Å². The van der Waals surface area contributed by atoms with Crippen LogP contribution in [-0.4, -0.2) is 51.2 Å². The molecule has 134 valence electrons. The lowest BCUT2D eigenvalue weighted by Gasteiger charge is -2.36. The van der Waals surface area contributed by atoms with E-state index in [1.165, 1.54) is 18.2 Å². The summed E-state index contributed by atoms with van der Waals surface area (Å²) in [7, 11) is -3.65. The number of benzene rings is 1. The van der Waals surface area contributed by atoms with Crippen LogP contribution in [-0.2, 0) is 14.8 Å². The van der Waals surface area contributed by atoms with Gasteiger partial charge in [0.1, 0.15) is 5.82 Å². The third-order valence-corrected chi connectivity index (χ3v) is 6.62. The molecule has 2 aliphatic rings. The Morgan fingerprint density at radius 1 is 1.33 bits per heavy atom. The summed E-state index contributed by atoms with van der Waals surface area (Å²) in [6.45, 7) is 8.07. The standard InChI is InChI=1S/C17H25FN2O3S/c1-11(2)16-9-20-8-14(7-15(20)10-23-16)19-24(21,22)17-5-4-13(18)6-12(17)3/h4-6,11,14-16,19H,7-10H2,1-3H3/t14-,15-,16+/m0/s1. The van der Waals surface area contributed by atoms with E-state index in [0.29, 0.717) is 24.6 Å². The summed E-state index contributed by atoms with van der Waals surface area (Å²) < 4.78 is 47.1. The maximum absolute atomic E-state index is 13.2. The van der Waals surface area contributed by atoms with Crippen molar-refractivity contribution in [3.63, 3.8) is 0 Å². The number of halogens is 1. The fraction of sp³-hybridized carbons (Fsp3) is 0.647. The number of hydrogen-bond donors (Lipinski definition) is 1. The molecule has 5 nitrogen and oxygen atoms in total. The van der Waals surface area contributed by atoms with Gasteiger partial charge in [0.2, 0.25) is 10.0 Å². The van der Waals surface area contributed by atoms with Crippen LogP contribution in [0.1, 0.15) is 25.8 Å². The van der Waals surface area contributed by atoms with Crippen LogP contribution in [0.15, 0.2) is 23.1 Å². The summed E-state index contributed by atoms with van der Waals surface area (Å²) >= 11 is 0. The molecule has 3 rings (SSSR count). The van der Waals surface area contributed by atoms with E-state index in [1.807, 2.05) is 0 Å². The van der Waals surface area contributed by atoms with Crippen molar-refractivity contribution in [2.24, 2.45) is 5.92 Å². The zero-order valence-corrected chi connectivity index (χ0v) is 15.1. The van der Waals surface area contributed by atoms with Crippen LogP contribution in [0.4, 0.5) is 4.39 Å². The van der Waals surface area contributed by atoms with Crippen LogP contribution in [0.5, 0.6) is 0 Å². The monoisotopic (exact) mass is 356 g/mol. The molecule has 1 aromatic rings. The lowest BCUT2D eigenvalue weighted by Crippen LogP contribution is -2.48. The van der Waals surface area contributed by atoms with Crippen LogP contribution >= 0.6 is 0 Å². The fourth-order valence-corrected chi connectivity index (χ4v) is 5.05. The third kappa shape index (κ3) is 3.64. The maximum Gasteiger partial charge on any atom is 0.241 e. The summed E-state index contributed by atoms with van der Waals surface area (Å²) in [6.07, 6.45) is 0.945. The van der Waals surface area contributed by atoms with Gasteiger partial charge in [0.15, 0.2) is 0 Å². The molecule has 2 saturated heterocycles. The zero-order valence-electron chi connectivity index (χ0n) is 14.3. The van der Waals surface area contributed by atoms with Crippen LogP contribution in [0.2, 0.25) is 0 Å². The molecule has 1 aromatic carbocycles. The summed E-state index contributed by atoms with van der Waals surface area (Å²) in [5, 5.41) is 0. The van der Waals surface area contributed by atoms with Gasteiger partial charge in [-0.3, -0.25) is 4.90 Å². The van der Waals surface area contributed by atoms with E-state index in [4.69, 9.17) is 4.74 Å². The second kappa shape index (κ2) is 6.71. The van der Waals surface area contributed by atoms with Crippen molar-refractivity contribution in [3.05, 3.63) is 29.6 Å². The Bertz CT molecular complexity index is 708. The Balaban J connectivity index is 1.69. The highest BCUT2D eigenvalue weighted by molar-refractivity contribution is 7.89. The molecule has 0 radical (unpaired) electrons. The first-order valence-electron chi connectivity index (χ1n) is 8.40. The molecule has 0 unspecified atom stereocenters. The molecule has 1 N–H and O–H groups in total. The van der Waals surface area contributed by atoms with E-state index in [0.717, 1.165) is 13.0 Å². The maximum atomic E-state index is 13.2. The van der Waals surface area contributed by atoms with Crippen LogP contribution in [0.3, 0.4) is 0 Å². The average Bonchev–Trinajstić information content (AvgIpc) is 2.86. The lowest BCUT2D eigenvalue weighted by molar-refractivity contribution is -0.0683. The minimum atomic E-state index is -3.65. The summed E-state index contributed by atoms with van der Waals surface area (Å²) in [5.74, 6) is 0.0184. The highest BCUT2D eigenvalue weighted by Crippen LogP contribution is 2.27. The Labute approximate surface area is 143 Å². The molecule has 0 amide bonds. The van der Waals surface area contributed by atoms with Gasteiger partial charge in [0.25, 0.3) is 0 Å². The van der Waals surface area contributed by atoms with Crippen LogP contribution in [0, 0.1) is 18.7 Å². The number of sulfonamides is 1.